The second-order valence-corrected chi connectivity index (χ2v) is 6.21. The number of rotatable bonds is 6. The molecule has 0 bridgehead atoms. The third-order valence-corrected chi connectivity index (χ3v) is 4.39. The van der Waals surface area contributed by atoms with Gasteiger partial charge in [0.2, 0.25) is 11.6 Å². The Hall–Kier alpha value is -2.87. The highest BCUT2D eigenvalue weighted by Crippen LogP contribution is 2.32. The van der Waals surface area contributed by atoms with Gasteiger partial charge in [0.1, 0.15) is 6.33 Å². The summed E-state index contributed by atoms with van der Waals surface area (Å²) in [5.41, 5.74) is 0.938. The molecule has 1 aromatic carbocycles. The minimum absolute atomic E-state index is 0.106. The number of piperazine rings is 1. The van der Waals surface area contributed by atoms with Gasteiger partial charge in [-0.1, -0.05) is 23.7 Å². The van der Waals surface area contributed by atoms with Crippen LogP contribution in [0.3, 0.4) is 0 Å². The first-order valence-electron chi connectivity index (χ1n) is 8.19. The predicted octanol–water partition coefficient (Wildman–Crippen LogP) is 2.96. The molecule has 1 N–H and O–H groups in total. The number of anilines is 3. The van der Waals surface area contributed by atoms with E-state index in [1.165, 1.54) is 6.33 Å². The van der Waals surface area contributed by atoms with E-state index in [-0.39, 0.29) is 11.5 Å². The monoisotopic (exact) mass is 374 g/mol. The summed E-state index contributed by atoms with van der Waals surface area (Å²) in [5, 5.41) is 15.2. The first-order valence-corrected chi connectivity index (χ1v) is 8.57. The summed E-state index contributed by atoms with van der Waals surface area (Å²) in [5.74, 6) is 0.541. The van der Waals surface area contributed by atoms with Crippen molar-refractivity contribution in [1.82, 2.24) is 9.97 Å². The van der Waals surface area contributed by atoms with E-state index in [9.17, 15) is 10.1 Å². The Kier molecular flexibility index (Phi) is 5.52. The van der Waals surface area contributed by atoms with Crippen LogP contribution in [0.5, 0.6) is 0 Å². The summed E-state index contributed by atoms with van der Waals surface area (Å²) in [6.07, 6.45) is 2.96. The Bertz CT molecular complexity index is 808. The van der Waals surface area contributed by atoms with E-state index >= 15 is 0 Å². The molecule has 0 unspecified atom stereocenters. The van der Waals surface area contributed by atoms with Crippen molar-refractivity contribution in [3.05, 3.63) is 58.4 Å². The average Bonchev–Trinajstić information content (AvgIpc) is 2.66. The maximum atomic E-state index is 11.6. The van der Waals surface area contributed by atoms with E-state index in [4.69, 9.17) is 11.6 Å². The van der Waals surface area contributed by atoms with Gasteiger partial charge in [0, 0.05) is 43.4 Å². The lowest BCUT2D eigenvalue weighted by Crippen LogP contribution is -2.47. The highest BCUT2D eigenvalue weighted by Gasteiger charge is 2.29. The van der Waals surface area contributed by atoms with Crippen molar-refractivity contribution < 1.29 is 4.92 Å². The highest BCUT2D eigenvalue weighted by atomic mass is 35.5. The molecule has 2 heterocycles. The first kappa shape index (κ1) is 17.9. The maximum absolute atomic E-state index is 11.6. The molecular formula is C17H19ClN6O2. The van der Waals surface area contributed by atoms with E-state index in [1.807, 2.05) is 29.2 Å². The van der Waals surface area contributed by atoms with Gasteiger partial charge in [-0.2, -0.15) is 0 Å². The van der Waals surface area contributed by atoms with Crippen LogP contribution in [-0.4, -0.2) is 47.6 Å². The molecule has 26 heavy (non-hydrogen) atoms. The molecule has 3 rings (SSSR count). The van der Waals surface area contributed by atoms with Crippen LogP contribution in [-0.2, 0) is 0 Å². The van der Waals surface area contributed by atoms with E-state index in [2.05, 4.69) is 26.8 Å². The number of nitrogens with zero attached hydrogens (tertiary/aromatic N) is 5. The van der Waals surface area contributed by atoms with Crippen molar-refractivity contribution in [2.75, 3.05) is 47.8 Å². The van der Waals surface area contributed by atoms with Gasteiger partial charge in [-0.25, -0.2) is 9.97 Å². The number of aromatic nitrogens is 2. The molecule has 9 heteroatoms. The molecule has 1 aliphatic rings. The zero-order valence-electron chi connectivity index (χ0n) is 14.1. The normalized spacial score (nSPS) is 14.2. The third-order valence-electron chi connectivity index (χ3n) is 4.15. The van der Waals surface area contributed by atoms with Gasteiger partial charge in [0.15, 0.2) is 0 Å². The van der Waals surface area contributed by atoms with Crippen molar-refractivity contribution >= 4 is 34.6 Å². The lowest BCUT2D eigenvalue weighted by atomic mass is 10.2. The fourth-order valence-corrected chi connectivity index (χ4v) is 3.10. The van der Waals surface area contributed by atoms with Crippen LogP contribution >= 0.6 is 11.6 Å². The Labute approximate surface area is 156 Å². The Balaban J connectivity index is 1.78. The molecule has 8 nitrogen and oxygen atoms in total. The van der Waals surface area contributed by atoms with Crippen molar-refractivity contribution in [1.29, 1.82) is 0 Å². The van der Waals surface area contributed by atoms with Crippen molar-refractivity contribution in [2.24, 2.45) is 0 Å². The molecule has 0 radical (unpaired) electrons. The minimum Gasteiger partial charge on any atom is -0.368 e. The van der Waals surface area contributed by atoms with Gasteiger partial charge in [0.25, 0.3) is 0 Å². The fourth-order valence-electron chi connectivity index (χ4n) is 2.92. The molecule has 2 aromatic rings. The Morgan fingerprint density at radius 2 is 2.00 bits per heavy atom. The van der Waals surface area contributed by atoms with Gasteiger partial charge >= 0.3 is 5.69 Å². The Morgan fingerprint density at radius 1 is 1.27 bits per heavy atom. The van der Waals surface area contributed by atoms with Crippen molar-refractivity contribution in [3.8, 4) is 0 Å². The lowest BCUT2D eigenvalue weighted by Gasteiger charge is -2.36. The van der Waals surface area contributed by atoms with E-state index in [0.717, 1.165) is 18.8 Å². The van der Waals surface area contributed by atoms with E-state index in [0.29, 0.717) is 30.5 Å². The topological polar surface area (TPSA) is 87.4 Å². The quantitative estimate of drug-likeness (QED) is 0.472. The molecule has 0 spiro atoms. The first-order chi connectivity index (χ1) is 12.6. The molecule has 0 amide bonds. The summed E-state index contributed by atoms with van der Waals surface area (Å²) in [6, 6.07) is 7.67. The second-order valence-electron chi connectivity index (χ2n) is 5.78. The molecule has 0 atom stereocenters. The SMILES string of the molecule is C=CCNc1ncnc(N2CCN(c3cccc(Cl)c3)CC2)c1[N+](=O)[O-]. The molecule has 1 saturated heterocycles. The smallest absolute Gasteiger partial charge is 0.353 e. The number of nitro groups is 1. The zero-order valence-corrected chi connectivity index (χ0v) is 14.9. The van der Waals surface area contributed by atoms with Gasteiger partial charge < -0.3 is 15.1 Å². The van der Waals surface area contributed by atoms with E-state index < -0.39 is 4.92 Å². The molecular weight excluding hydrogens is 356 g/mol. The van der Waals surface area contributed by atoms with E-state index in [1.54, 1.807) is 6.08 Å². The molecule has 1 aromatic heterocycles. The molecule has 0 saturated carbocycles. The standard InChI is InChI=1S/C17H19ClN6O2/c1-2-6-19-16-15(24(25)26)17(21-12-20-16)23-9-7-22(8-10-23)14-5-3-4-13(18)11-14/h2-5,11-12H,1,6-10H2,(H,19,20,21). The van der Waals surface area contributed by atoms with Gasteiger partial charge in [-0.3, -0.25) is 10.1 Å². The summed E-state index contributed by atoms with van der Waals surface area (Å²) < 4.78 is 0. The largest absolute Gasteiger partial charge is 0.368 e. The van der Waals surface area contributed by atoms with Gasteiger partial charge in [0.05, 0.1) is 4.92 Å². The third kappa shape index (κ3) is 3.85. The lowest BCUT2D eigenvalue weighted by molar-refractivity contribution is -0.383. The number of hydrogen-bond donors (Lipinski definition) is 1. The maximum Gasteiger partial charge on any atom is 0.353 e. The number of benzene rings is 1. The van der Waals surface area contributed by atoms with Crippen LogP contribution in [0.25, 0.3) is 0 Å². The van der Waals surface area contributed by atoms with Crippen LogP contribution in [0.4, 0.5) is 23.0 Å². The van der Waals surface area contributed by atoms with Gasteiger partial charge in [-0.05, 0) is 18.2 Å². The minimum atomic E-state index is -0.440. The van der Waals surface area contributed by atoms with Crippen LogP contribution in [0.15, 0.2) is 43.2 Å². The fraction of sp³-hybridized carbons (Fsp3) is 0.294. The number of nitrogens with one attached hydrogen (secondary N) is 1. The molecule has 0 aliphatic carbocycles. The van der Waals surface area contributed by atoms with Crippen molar-refractivity contribution in [2.45, 2.75) is 0 Å². The van der Waals surface area contributed by atoms with Crippen LogP contribution in [0.2, 0.25) is 5.02 Å². The molecule has 1 fully saturated rings. The summed E-state index contributed by atoms with van der Waals surface area (Å²) in [7, 11) is 0. The molecule has 136 valence electrons. The van der Waals surface area contributed by atoms with Crippen LogP contribution in [0, 0.1) is 10.1 Å². The number of hydrogen-bond acceptors (Lipinski definition) is 7. The predicted molar refractivity (Wildman–Crippen MR) is 103 cm³/mol. The van der Waals surface area contributed by atoms with Crippen molar-refractivity contribution in [3.63, 3.8) is 0 Å². The molecule has 1 aliphatic heterocycles. The second kappa shape index (κ2) is 8.01. The van der Waals surface area contributed by atoms with Crippen LogP contribution in [0.1, 0.15) is 0 Å². The number of halogens is 1. The van der Waals surface area contributed by atoms with Gasteiger partial charge in [-0.15, -0.1) is 6.58 Å². The van der Waals surface area contributed by atoms with Crippen LogP contribution < -0.4 is 15.1 Å². The summed E-state index contributed by atoms with van der Waals surface area (Å²) >= 11 is 6.06. The Morgan fingerprint density at radius 3 is 2.65 bits per heavy atom. The summed E-state index contributed by atoms with van der Waals surface area (Å²) in [6.45, 7) is 6.66. The average molecular weight is 375 g/mol. The zero-order chi connectivity index (χ0) is 18.5. The summed E-state index contributed by atoms with van der Waals surface area (Å²) in [4.78, 5) is 23.4. The highest BCUT2D eigenvalue weighted by molar-refractivity contribution is 6.30.